The van der Waals surface area contributed by atoms with Crippen LogP contribution in [0.1, 0.15) is 23.6 Å². The van der Waals surface area contributed by atoms with E-state index in [0.29, 0.717) is 5.69 Å². The quantitative estimate of drug-likeness (QED) is 0.737. The van der Waals surface area contributed by atoms with Crippen LogP contribution in [0.4, 0.5) is 5.69 Å². The molecule has 0 radical (unpaired) electrons. The van der Waals surface area contributed by atoms with Gasteiger partial charge in [-0.2, -0.15) is 0 Å². The van der Waals surface area contributed by atoms with E-state index in [-0.39, 0.29) is 5.56 Å². The maximum atomic E-state index is 12.4. The van der Waals surface area contributed by atoms with Crippen LogP contribution in [0.2, 0.25) is 0 Å². The van der Waals surface area contributed by atoms with Gasteiger partial charge in [-0.3, -0.25) is 14.8 Å². The Kier molecular flexibility index (Phi) is 3.88. The third-order valence-corrected chi connectivity index (χ3v) is 4.64. The molecule has 0 aliphatic carbocycles. The van der Waals surface area contributed by atoms with Crippen LogP contribution in [0.15, 0.2) is 63.1 Å². The lowest BCUT2D eigenvalue weighted by atomic mass is 10.0. The summed E-state index contributed by atoms with van der Waals surface area (Å²) in [5.74, 6) is -0.400. The predicted octanol–water partition coefficient (Wildman–Crippen LogP) is 3.19. The van der Waals surface area contributed by atoms with Gasteiger partial charge >= 0.3 is 5.69 Å². The fourth-order valence-corrected chi connectivity index (χ4v) is 3.27. The number of nitrogens with one attached hydrogen (secondary N) is 1. The highest BCUT2D eigenvalue weighted by Crippen LogP contribution is 2.36. The molecular formula is C21H17N3O3. The van der Waals surface area contributed by atoms with E-state index in [1.54, 1.807) is 18.2 Å². The van der Waals surface area contributed by atoms with Crippen LogP contribution in [0, 0.1) is 6.92 Å². The Hall–Kier alpha value is -3.67. The number of nitrogens with zero attached hydrogens (tertiary/aromatic N) is 2. The van der Waals surface area contributed by atoms with Gasteiger partial charge in [0.2, 0.25) is 5.88 Å². The summed E-state index contributed by atoms with van der Waals surface area (Å²) in [7, 11) is 0. The lowest BCUT2D eigenvalue weighted by Crippen LogP contribution is -2.30. The van der Waals surface area contributed by atoms with Crippen molar-refractivity contribution in [2.75, 3.05) is 0 Å². The second-order valence-electron chi connectivity index (χ2n) is 6.39. The Morgan fingerprint density at radius 1 is 1.04 bits per heavy atom. The van der Waals surface area contributed by atoms with Crippen molar-refractivity contribution in [3.63, 3.8) is 0 Å². The molecule has 2 N–H and O–H groups in total. The second kappa shape index (κ2) is 6.25. The number of allylic oxidation sites excluding steroid dienone is 1. The Morgan fingerprint density at radius 3 is 2.52 bits per heavy atom. The molecule has 0 amide bonds. The molecular weight excluding hydrogens is 342 g/mol. The van der Waals surface area contributed by atoms with E-state index < -0.39 is 17.1 Å². The van der Waals surface area contributed by atoms with Crippen molar-refractivity contribution in [2.24, 2.45) is 4.99 Å². The predicted molar refractivity (Wildman–Crippen MR) is 106 cm³/mol. The summed E-state index contributed by atoms with van der Waals surface area (Å²) in [5.41, 5.74) is 3.15. The van der Waals surface area contributed by atoms with E-state index in [1.807, 2.05) is 50.2 Å². The highest BCUT2D eigenvalue weighted by molar-refractivity contribution is 6.31. The smallest absolute Gasteiger partial charge is 0.335 e. The summed E-state index contributed by atoms with van der Waals surface area (Å²) in [6, 6.07) is 14.7. The van der Waals surface area contributed by atoms with Gasteiger partial charge in [-0.25, -0.2) is 9.36 Å². The van der Waals surface area contributed by atoms with Gasteiger partial charge in [0.1, 0.15) is 5.56 Å². The zero-order valence-corrected chi connectivity index (χ0v) is 14.9. The van der Waals surface area contributed by atoms with E-state index >= 15 is 0 Å². The van der Waals surface area contributed by atoms with Gasteiger partial charge in [-0.1, -0.05) is 36.4 Å². The molecule has 0 unspecified atom stereocenters. The molecule has 0 fully saturated rings. The Bertz CT molecular complexity index is 1250. The Labute approximate surface area is 154 Å². The first-order valence-electron chi connectivity index (χ1n) is 8.48. The molecule has 0 spiro atoms. The molecule has 4 rings (SSSR count). The number of aromatic nitrogens is 2. The molecule has 134 valence electrons. The van der Waals surface area contributed by atoms with Crippen LogP contribution in [0.5, 0.6) is 5.88 Å². The van der Waals surface area contributed by atoms with Gasteiger partial charge in [-0.15, -0.1) is 0 Å². The van der Waals surface area contributed by atoms with E-state index in [1.165, 1.54) is 0 Å². The van der Waals surface area contributed by atoms with Crippen LogP contribution in [0.3, 0.4) is 0 Å². The molecule has 6 nitrogen and oxygen atoms in total. The summed E-state index contributed by atoms with van der Waals surface area (Å²) in [6.45, 7) is 3.67. The zero-order chi connectivity index (χ0) is 19.1. The number of para-hydroxylation sites is 2. The molecule has 27 heavy (non-hydrogen) atoms. The van der Waals surface area contributed by atoms with Gasteiger partial charge in [-0.05, 0) is 37.6 Å². The van der Waals surface area contributed by atoms with Crippen LogP contribution in [-0.4, -0.2) is 20.4 Å². The molecule has 1 aliphatic rings. The van der Waals surface area contributed by atoms with Crippen LogP contribution < -0.4 is 11.2 Å². The van der Waals surface area contributed by atoms with Crippen molar-refractivity contribution in [3.05, 3.63) is 86.1 Å². The first-order valence-corrected chi connectivity index (χ1v) is 8.48. The first kappa shape index (κ1) is 16.8. The Morgan fingerprint density at radius 2 is 1.74 bits per heavy atom. The van der Waals surface area contributed by atoms with E-state index in [0.717, 1.165) is 32.7 Å². The number of aromatic hydroxyl groups is 1. The number of fused-ring (bicyclic) bond motifs is 1. The summed E-state index contributed by atoms with van der Waals surface area (Å²) in [4.78, 5) is 31.6. The number of hydrogen-bond acceptors (Lipinski definition) is 4. The molecule has 6 heteroatoms. The number of aromatic amines is 1. The number of aryl methyl sites for hydroxylation is 1. The van der Waals surface area contributed by atoms with Crippen LogP contribution in [0.25, 0.3) is 17.3 Å². The van der Waals surface area contributed by atoms with Gasteiger partial charge in [0.05, 0.1) is 11.4 Å². The number of benzene rings is 2. The molecule has 1 aromatic heterocycles. The highest BCUT2D eigenvalue weighted by Gasteiger charge is 2.20. The first-order chi connectivity index (χ1) is 13.0. The van der Waals surface area contributed by atoms with E-state index in [4.69, 9.17) is 0 Å². The van der Waals surface area contributed by atoms with Crippen LogP contribution >= 0.6 is 0 Å². The van der Waals surface area contributed by atoms with Gasteiger partial charge in [0.15, 0.2) is 0 Å². The number of hydrogen-bond donors (Lipinski definition) is 2. The topological polar surface area (TPSA) is 87.4 Å². The standard InChI is InChI=1S/C21H17N3O3/c1-12-7-3-6-10-18(12)24-20(26)16(19(25)23-21(24)27)11-15-13(2)22-17-9-5-4-8-14(15)17/h3-11,26H,1-2H3,(H,23,25,27)/b15-11-. The van der Waals surface area contributed by atoms with E-state index in [9.17, 15) is 14.7 Å². The van der Waals surface area contributed by atoms with Crippen molar-refractivity contribution >= 4 is 23.0 Å². The monoisotopic (exact) mass is 359 g/mol. The average molecular weight is 359 g/mol. The molecule has 0 saturated heterocycles. The van der Waals surface area contributed by atoms with Gasteiger partial charge < -0.3 is 5.11 Å². The maximum Gasteiger partial charge on any atom is 0.335 e. The van der Waals surface area contributed by atoms with Crippen LogP contribution in [-0.2, 0) is 0 Å². The fraction of sp³-hybridized carbons (Fsp3) is 0.0952. The molecule has 1 aliphatic heterocycles. The second-order valence-corrected chi connectivity index (χ2v) is 6.39. The largest absolute Gasteiger partial charge is 0.494 e. The number of H-pyrrole nitrogens is 1. The van der Waals surface area contributed by atoms with Crippen molar-refractivity contribution in [2.45, 2.75) is 13.8 Å². The third kappa shape index (κ3) is 2.71. The SMILES string of the molecule is CC1=Nc2ccccc2/C1=C\c1c(O)n(-c2ccccc2C)c(=O)[nH]c1=O. The average Bonchev–Trinajstić information content (AvgIpc) is 2.95. The van der Waals surface area contributed by atoms with Crippen molar-refractivity contribution < 1.29 is 5.11 Å². The molecule has 2 aromatic carbocycles. The zero-order valence-electron chi connectivity index (χ0n) is 14.9. The third-order valence-electron chi connectivity index (χ3n) is 4.64. The fourth-order valence-electron chi connectivity index (χ4n) is 3.27. The lowest BCUT2D eigenvalue weighted by Gasteiger charge is -2.12. The molecule has 0 saturated carbocycles. The summed E-state index contributed by atoms with van der Waals surface area (Å²) in [5, 5.41) is 10.8. The summed E-state index contributed by atoms with van der Waals surface area (Å²) in [6.07, 6.45) is 1.58. The van der Waals surface area contributed by atoms with Crippen molar-refractivity contribution in [1.82, 2.24) is 9.55 Å². The summed E-state index contributed by atoms with van der Waals surface area (Å²) < 4.78 is 1.11. The number of aliphatic imine (C=N–C) groups is 1. The summed E-state index contributed by atoms with van der Waals surface area (Å²) >= 11 is 0. The Balaban J connectivity index is 1.98. The normalized spacial score (nSPS) is 14.3. The maximum absolute atomic E-state index is 12.4. The van der Waals surface area contributed by atoms with Crippen molar-refractivity contribution in [1.29, 1.82) is 0 Å². The molecule has 0 bridgehead atoms. The minimum Gasteiger partial charge on any atom is -0.494 e. The number of rotatable bonds is 2. The minimum atomic E-state index is -0.689. The van der Waals surface area contributed by atoms with Crippen molar-refractivity contribution in [3.8, 4) is 11.6 Å². The minimum absolute atomic E-state index is 0.0131. The van der Waals surface area contributed by atoms with Gasteiger partial charge in [0.25, 0.3) is 5.56 Å². The lowest BCUT2D eigenvalue weighted by molar-refractivity contribution is 0.429. The molecule has 0 atom stereocenters. The molecule has 2 heterocycles. The molecule has 3 aromatic rings. The van der Waals surface area contributed by atoms with Gasteiger partial charge in [0, 0.05) is 16.8 Å². The van der Waals surface area contributed by atoms with E-state index in [2.05, 4.69) is 9.98 Å². The highest BCUT2D eigenvalue weighted by atomic mass is 16.3.